The number of carbonyl (C=O) groups is 3. The van der Waals surface area contributed by atoms with E-state index in [2.05, 4.69) is 26.0 Å². The number of carbonyl (C=O) groups excluding carboxylic acids is 3. The molecule has 20 nitrogen and oxygen atoms in total. The largest absolute Gasteiger partial charge is 0.507 e. The maximum atomic E-state index is 14.5. The van der Waals surface area contributed by atoms with Crippen LogP contribution in [0.25, 0.3) is 10.8 Å². The number of hydrogen-bond donors (Lipinski definition) is 10. The molecule has 5 bridgehead atoms. The number of Topliss-reactive ketones (excluding diaryl/α,β-unsaturated/α-hetero) is 1. The van der Waals surface area contributed by atoms with Crippen LogP contribution in [0.2, 0.25) is 0 Å². The van der Waals surface area contributed by atoms with Crippen molar-refractivity contribution in [3.8, 4) is 23.0 Å². The molecule has 0 aromatic heterocycles. The summed E-state index contributed by atoms with van der Waals surface area (Å²) in [6.45, 7) is 21.5. The van der Waals surface area contributed by atoms with Gasteiger partial charge in [-0.15, -0.1) is 0 Å². The highest BCUT2D eigenvalue weighted by atomic mass is 16.7. The predicted octanol–water partition coefficient (Wildman–Crippen LogP) is 5.36. The molecule has 1 saturated carbocycles. The van der Waals surface area contributed by atoms with Gasteiger partial charge in [-0.1, -0.05) is 72.6 Å². The molecule has 1 saturated heterocycles. The second kappa shape index (κ2) is 28.5. The Morgan fingerprint density at radius 1 is 0.883 bits per heavy atom. The number of methoxy groups -OCH3 is 1. The summed E-state index contributed by atoms with van der Waals surface area (Å²) >= 11 is 0. The van der Waals surface area contributed by atoms with E-state index < -0.39 is 88.8 Å². The topological polar surface area (TPSA) is 285 Å². The molecule has 20 heteroatoms. The molecule has 2 aromatic carbocycles. The molecule has 7 rings (SSSR count). The van der Waals surface area contributed by atoms with E-state index in [0.717, 1.165) is 39.0 Å². The molecule has 0 unspecified atom stereocenters. The summed E-state index contributed by atoms with van der Waals surface area (Å²) in [5.74, 6) is -8.28. The van der Waals surface area contributed by atoms with Gasteiger partial charge in [0.2, 0.25) is 0 Å². The van der Waals surface area contributed by atoms with Crippen molar-refractivity contribution in [1.29, 1.82) is 0 Å². The van der Waals surface area contributed by atoms with Crippen LogP contribution in [0.1, 0.15) is 122 Å². The Bertz CT molecular complexity index is 2430. The minimum absolute atomic E-state index is 0.0631. The van der Waals surface area contributed by atoms with E-state index in [1.54, 1.807) is 39.8 Å². The van der Waals surface area contributed by atoms with Crippen molar-refractivity contribution in [2.45, 2.75) is 156 Å². The first-order valence-corrected chi connectivity index (χ1v) is 27.4. The summed E-state index contributed by atoms with van der Waals surface area (Å²) in [6.07, 6.45) is 11.6. The number of benzene rings is 2. The maximum Gasteiger partial charge on any atom is 0.312 e. The molecule has 5 aliphatic rings. The van der Waals surface area contributed by atoms with Gasteiger partial charge in [0.05, 0.1) is 66.2 Å². The number of allylic oxidation sites excluding steroid dienone is 2. The maximum absolute atomic E-state index is 14.5. The summed E-state index contributed by atoms with van der Waals surface area (Å²) < 4.78 is 23.7. The molecule has 0 radical (unpaired) electrons. The lowest BCUT2D eigenvalue weighted by Gasteiger charge is -2.38. The molecular weight excluding hydrogens is 993 g/mol. The number of ether oxygens (including phenoxy) is 4. The van der Waals surface area contributed by atoms with Crippen molar-refractivity contribution >= 4 is 40.3 Å². The average Bonchev–Trinajstić information content (AvgIpc) is 4.07. The quantitative estimate of drug-likeness (QED) is 0.0375. The number of ketones is 1. The normalized spacial score (nSPS) is 29.3. The highest BCUT2D eigenvalue weighted by Gasteiger charge is 2.50. The first kappa shape index (κ1) is 62.5. The number of aromatic hydroxyl groups is 3. The Kier molecular flexibility index (Phi) is 23.2. The van der Waals surface area contributed by atoms with Gasteiger partial charge in [0, 0.05) is 119 Å². The van der Waals surface area contributed by atoms with Gasteiger partial charge in [-0.2, -0.15) is 5.10 Å². The number of aliphatic hydroxyl groups is 4. The van der Waals surface area contributed by atoms with Gasteiger partial charge in [0.15, 0.2) is 5.75 Å². The van der Waals surface area contributed by atoms with Crippen LogP contribution in [0, 0.1) is 30.6 Å². The first-order valence-electron chi connectivity index (χ1n) is 27.4. The molecule has 1 amide bonds. The molecule has 2 fully saturated rings. The fourth-order valence-electron chi connectivity index (χ4n) is 10.7. The monoisotopic (exact) mass is 1080 g/mol. The van der Waals surface area contributed by atoms with Gasteiger partial charge >= 0.3 is 11.8 Å². The highest BCUT2D eigenvalue weighted by molar-refractivity contribution is 6.23. The summed E-state index contributed by atoms with van der Waals surface area (Å²) in [6, 6.07) is 0.953. The van der Waals surface area contributed by atoms with Crippen molar-refractivity contribution in [2.24, 2.45) is 28.8 Å². The number of aliphatic hydroxyl groups excluding tert-OH is 4. The van der Waals surface area contributed by atoms with E-state index in [9.17, 15) is 39.9 Å². The number of piperazine rings is 1. The number of phenolic OH excluding ortho intramolecular Hbond substituents is 3. The number of phenols is 3. The Hall–Kier alpha value is -5.32. The number of rotatable bonds is 14. The lowest BCUT2D eigenvalue weighted by atomic mass is 9.78. The molecule has 77 heavy (non-hydrogen) atoms. The fourth-order valence-corrected chi connectivity index (χ4v) is 10.7. The minimum Gasteiger partial charge on any atom is -0.507 e. The smallest absolute Gasteiger partial charge is 0.312 e. The van der Waals surface area contributed by atoms with Gasteiger partial charge in [0.1, 0.15) is 23.4 Å². The first-order chi connectivity index (χ1) is 36.6. The average molecular weight is 1080 g/mol. The summed E-state index contributed by atoms with van der Waals surface area (Å²) in [5, 5.41) is 91.8. The summed E-state index contributed by atoms with van der Waals surface area (Å²) in [4.78, 5) is 43.2. The molecule has 4 heterocycles. The zero-order valence-corrected chi connectivity index (χ0v) is 47.0. The zero-order chi connectivity index (χ0) is 56.9. The molecule has 1 aliphatic carbocycles. The van der Waals surface area contributed by atoms with Crippen molar-refractivity contribution in [3.63, 3.8) is 0 Å². The van der Waals surface area contributed by atoms with E-state index >= 15 is 0 Å². The molecule has 4 aliphatic heterocycles. The van der Waals surface area contributed by atoms with Gasteiger partial charge in [-0.05, 0) is 45.6 Å². The van der Waals surface area contributed by atoms with Crippen molar-refractivity contribution < 1.29 is 69.1 Å². The van der Waals surface area contributed by atoms with Gasteiger partial charge < -0.3 is 70.6 Å². The van der Waals surface area contributed by atoms with E-state index in [1.807, 2.05) is 18.9 Å². The van der Waals surface area contributed by atoms with Crippen molar-refractivity contribution in [2.75, 3.05) is 64.9 Å². The SMILES string of the molecule is CC[C@@H](CO)NCCN[C@@H](CC)CO.CO[C@H]1/C=C/O[C@@]2(C)Oc3c(C)c(O)c4c(O)c(c(/C=N\N5CCN(C6CCCC6)CC5)c(O)c4c3C2=O)NC(=O)/C(C)=C\C=C\[C@H](C)[C@H](O)[C@@H](C)[C@@H](O)[C@@H](C)[C@H](OC(C)=O)[C@@H]1C. The lowest BCUT2D eigenvalue weighted by molar-refractivity contribution is -0.160. The second-order valence-corrected chi connectivity index (χ2v) is 21.3. The van der Waals surface area contributed by atoms with E-state index in [-0.39, 0.29) is 69.8 Å². The molecule has 2 aromatic rings. The van der Waals surface area contributed by atoms with E-state index in [1.165, 1.54) is 85.1 Å². The van der Waals surface area contributed by atoms with Crippen LogP contribution >= 0.6 is 0 Å². The van der Waals surface area contributed by atoms with Crippen molar-refractivity contribution in [3.05, 3.63) is 52.8 Å². The van der Waals surface area contributed by atoms with Crippen LogP contribution < -0.4 is 20.7 Å². The zero-order valence-electron chi connectivity index (χ0n) is 47.0. The Morgan fingerprint density at radius 2 is 1.49 bits per heavy atom. The van der Waals surface area contributed by atoms with E-state index in [4.69, 9.17) is 29.2 Å². The molecule has 10 N–H and O–H groups in total. The second-order valence-electron chi connectivity index (χ2n) is 21.3. The predicted molar refractivity (Wildman–Crippen MR) is 295 cm³/mol. The highest BCUT2D eigenvalue weighted by Crippen LogP contribution is 2.55. The third kappa shape index (κ3) is 14.9. The standard InChI is InChI=1S/C47H64N4O12.C10H24N2O2/c1-24-13-12-14-25(2)46(59)49-37-32(23-48-51-20-18-50(19-21-51)31-15-10-11-16-31)41(56)34-35(42(37)57)40(55)29(6)44-36(34)45(58)47(8,63-44)61-22-17-33(60-9)26(3)43(62-30(7)52)28(5)39(54)27(4)38(24)53;1-3-9(7-13)11-5-6-12-10(4-2)8-14/h12-14,17,22-24,26-28,31,33,38-39,43,53-57H,10-11,15-16,18-21H2,1-9H3,(H,49,59);9-14H,3-8H2,1-2H3/b13-12+,22-17+,25-14-,48-23-;/t24-,26+,27+,28+,33-,38-,39+,43+,47-;9-,10-/m00/s1. The van der Waals surface area contributed by atoms with Gasteiger partial charge in [0.25, 0.3) is 11.7 Å². The van der Waals surface area contributed by atoms with Crippen LogP contribution in [0.15, 0.2) is 41.2 Å². The minimum atomic E-state index is -2.04. The Labute approximate surface area is 454 Å². The lowest BCUT2D eigenvalue weighted by Crippen LogP contribution is -2.47. The van der Waals surface area contributed by atoms with Crippen LogP contribution in [0.4, 0.5) is 5.69 Å². The number of amides is 1. The molecular formula is C57H88N6O14. The fraction of sp³-hybridized carbons (Fsp3) is 0.649. The van der Waals surface area contributed by atoms with Crippen LogP contribution in [0.3, 0.4) is 0 Å². The van der Waals surface area contributed by atoms with Gasteiger partial charge in [-0.3, -0.25) is 24.3 Å². The Morgan fingerprint density at radius 3 is 2.05 bits per heavy atom. The molecule has 11 atom stereocenters. The van der Waals surface area contributed by atoms with Crippen LogP contribution in [-0.2, 0) is 23.8 Å². The van der Waals surface area contributed by atoms with E-state index in [0.29, 0.717) is 19.1 Å². The number of hydrazone groups is 1. The van der Waals surface area contributed by atoms with Gasteiger partial charge in [-0.25, -0.2) is 0 Å². The number of fused-ring (bicyclic) bond motifs is 14. The number of nitrogens with zero attached hydrogens (tertiary/aromatic N) is 3. The van der Waals surface area contributed by atoms with Crippen LogP contribution in [0.5, 0.6) is 23.0 Å². The third-order valence-electron chi connectivity index (χ3n) is 15.9. The van der Waals surface area contributed by atoms with Crippen molar-refractivity contribution in [1.82, 2.24) is 20.5 Å². The number of hydrogen-bond acceptors (Lipinski definition) is 19. The summed E-state index contributed by atoms with van der Waals surface area (Å²) in [7, 11) is 1.44. The van der Waals surface area contributed by atoms with Crippen LogP contribution in [-0.4, -0.2) is 177 Å². The Balaban J connectivity index is 0.000000684. The number of anilines is 1. The molecule has 0 spiro atoms. The number of esters is 1. The number of nitrogens with one attached hydrogen (secondary N) is 3. The molecule has 430 valence electrons. The third-order valence-corrected chi connectivity index (χ3v) is 15.9. The summed E-state index contributed by atoms with van der Waals surface area (Å²) in [5.41, 5.74) is -0.293.